The van der Waals surface area contributed by atoms with E-state index in [0.717, 1.165) is 18.9 Å². The van der Waals surface area contributed by atoms with Gasteiger partial charge in [-0.2, -0.15) is 0 Å². The number of aromatic nitrogens is 2. The fraction of sp³-hybridized carbons (Fsp3) is 0.357. The monoisotopic (exact) mass is 341 g/mol. The van der Waals surface area contributed by atoms with E-state index >= 15 is 0 Å². The lowest BCUT2D eigenvalue weighted by molar-refractivity contribution is 0.573. The van der Waals surface area contributed by atoms with Crippen molar-refractivity contribution in [2.75, 3.05) is 5.32 Å². The van der Waals surface area contributed by atoms with E-state index in [1.807, 2.05) is 0 Å². The van der Waals surface area contributed by atoms with E-state index in [1.165, 1.54) is 18.9 Å². The molecule has 3 rings (SSSR count). The molecule has 1 heterocycles. The Morgan fingerprint density at radius 2 is 1.95 bits per heavy atom. The van der Waals surface area contributed by atoms with Crippen LogP contribution in [-0.2, 0) is 0 Å². The maximum Gasteiger partial charge on any atom is 0.207 e. The SMILES string of the molecule is Fc1cc(F)c(-n2ccnc2NC2CCCC2)cc1Br. The molecule has 0 aliphatic heterocycles. The molecule has 1 aliphatic rings. The van der Waals surface area contributed by atoms with Crippen LogP contribution in [0.1, 0.15) is 25.7 Å². The van der Waals surface area contributed by atoms with Crippen molar-refractivity contribution in [3.63, 3.8) is 0 Å². The first-order chi connectivity index (χ1) is 9.65. The van der Waals surface area contributed by atoms with Crippen LogP contribution < -0.4 is 5.32 Å². The maximum atomic E-state index is 14.0. The second-order valence-electron chi connectivity index (χ2n) is 4.96. The molecule has 20 heavy (non-hydrogen) atoms. The van der Waals surface area contributed by atoms with Gasteiger partial charge in [0.15, 0.2) is 0 Å². The number of hydrogen-bond donors (Lipinski definition) is 1. The van der Waals surface area contributed by atoms with Crippen molar-refractivity contribution in [1.29, 1.82) is 0 Å². The molecule has 0 saturated heterocycles. The third-order valence-corrected chi connectivity index (χ3v) is 4.19. The van der Waals surface area contributed by atoms with Crippen LogP contribution in [0.15, 0.2) is 29.0 Å². The summed E-state index contributed by atoms with van der Waals surface area (Å²) in [5.41, 5.74) is 0.274. The molecule has 2 aromatic rings. The van der Waals surface area contributed by atoms with E-state index < -0.39 is 11.6 Å². The summed E-state index contributed by atoms with van der Waals surface area (Å²) >= 11 is 3.08. The van der Waals surface area contributed by atoms with Crippen molar-refractivity contribution in [1.82, 2.24) is 9.55 Å². The molecular formula is C14H14BrF2N3. The molecule has 3 nitrogen and oxygen atoms in total. The fourth-order valence-corrected chi connectivity index (χ4v) is 2.89. The molecule has 1 fully saturated rings. The molecule has 106 valence electrons. The van der Waals surface area contributed by atoms with Gasteiger partial charge < -0.3 is 5.32 Å². The van der Waals surface area contributed by atoms with Gasteiger partial charge in [0.1, 0.15) is 11.6 Å². The minimum Gasteiger partial charge on any atom is -0.353 e. The molecule has 1 N–H and O–H groups in total. The van der Waals surface area contributed by atoms with Crippen molar-refractivity contribution in [3.8, 4) is 5.69 Å². The van der Waals surface area contributed by atoms with Crippen LogP contribution in [0.2, 0.25) is 0 Å². The lowest BCUT2D eigenvalue weighted by Crippen LogP contribution is -2.18. The number of rotatable bonds is 3. The summed E-state index contributed by atoms with van der Waals surface area (Å²) in [6.45, 7) is 0. The third-order valence-electron chi connectivity index (χ3n) is 3.58. The summed E-state index contributed by atoms with van der Waals surface area (Å²) in [6.07, 6.45) is 7.88. The molecule has 1 aromatic carbocycles. The van der Waals surface area contributed by atoms with Gasteiger partial charge in [0.25, 0.3) is 0 Å². The molecule has 1 aromatic heterocycles. The van der Waals surface area contributed by atoms with E-state index in [4.69, 9.17) is 0 Å². The average Bonchev–Trinajstić information content (AvgIpc) is 3.06. The fourth-order valence-electron chi connectivity index (χ4n) is 2.55. The van der Waals surface area contributed by atoms with Crippen LogP contribution in [0, 0.1) is 11.6 Å². The van der Waals surface area contributed by atoms with Crippen LogP contribution >= 0.6 is 15.9 Å². The summed E-state index contributed by atoms with van der Waals surface area (Å²) in [4.78, 5) is 4.23. The Labute approximate surface area is 124 Å². The molecule has 0 atom stereocenters. The molecule has 0 amide bonds. The summed E-state index contributed by atoms with van der Waals surface area (Å²) in [7, 11) is 0. The molecule has 0 unspecified atom stereocenters. The average molecular weight is 342 g/mol. The van der Waals surface area contributed by atoms with Gasteiger partial charge in [-0.25, -0.2) is 13.8 Å². The molecule has 1 saturated carbocycles. The molecular weight excluding hydrogens is 328 g/mol. The van der Waals surface area contributed by atoms with E-state index in [9.17, 15) is 8.78 Å². The Hall–Kier alpha value is -1.43. The molecule has 1 aliphatic carbocycles. The minimum absolute atomic E-state index is 0.231. The van der Waals surface area contributed by atoms with Crippen LogP contribution in [0.25, 0.3) is 5.69 Å². The van der Waals surface area contributed by atoms with Gasteiger partial charge in [-0.1, -0.05) is 12.8 Å². The first kappa shape index (κ1) is 13.5. The number of nitrogens with zero attached hydrogens (tertiary/aromatic N) is 2. The van der Waals surface area contributed by atoms with Crippen LogP contribution in [0.4, 0.5) is 14.7 Å². The summed E-state index contributed by atoms with van der Waals surface area (Å²) in [6, 6.07) is 2.67. The minimum atomic E-state index is -0.614. The van der Waals surface area contributed by atoms with E-state index in [0.29, 0.717) is 12.0 Å². The molecule has 0 radical (unpaired) electrons. The Morgan fingerprint density at radius 1 is 1.20 bits per heavy atom. The Morgan fingerprint density at radius 3 is 2.70 bits per heavy atom. The Kier molecular flexibility index (Phi) is 3.74. The van der Waals surface area contributed by atoms with Crippen molar-refractivity contribution >= 4 is 21.9 Å². The van der Waals surface area contributed by atoms with Crippen molar-refractivity contribution in [2.24, 2.45) is 0 Å². The number of imidazole rings is 1. The highest BCUT2D eigenvalue weighted by Crippen LogP contribution is 2.27. The van der Waals surface area contributed by atoms with Gasteiger partial charge in [0.2, 0.25) is 5.95 Å². The number of benzene rings is 1. The highest BCUT2D eigenvalue weighted by atomic mass is 79.9. The van der Waals surface area contributed by atoms with Crippen molar-refractivity contribution in [3.05, 3.63) is 40.6 Å². The smallest absolute Gasteiger partial charge is 0.207 e. The van der Waals surface area contributed by atoms with Gasteiger partial charge in [0.05, 0.1) is 10.2 Å². The largest absolute Gasteiger partial charge is 0.353 e. The molecule has 0 bridgehead atoms. The number of anilines is 1. The number of halogens is 3. The highest BCUT2D eigenvalue weighted by Gasteiger charge is 2.18. The van der Waals surface area contributed by atoms with Crippen molar-refractivity contribution < 1.29 is 8.78 Å². The van der Waals surface area contributed by atoms with Crippen molar-refractivity contribution in [2.45, 2.75) is 31.7 Å². The van der Waals surface area contributed by atoms with Gasteiger partial charge in [-0.05, 0) is 34.8 Å². The van der Waals surface area contributed by atoms with Gasteiger partial charge >= 0.3 is 0 Å². The Bertz CT molecular complexity index is 621. The van der Waals surface area contributed by atoms with Gasteiger partial charge in [0, 0.05) is 24.5 Å². The second-order valence-corrected chi connectivity index (χ2v) is 5.82. The Balaban J connectivity index is 1.94. The zero-order valence-corrected chi connectivity index (χ0v) is 12.3. The lowest BCUT2D eigenvalue weighted by Gasteiger charge is -2.15. The van der Waals surface area contributed by atoms with Crippen LogP contribution in [-0.4, -0.2) is 15.6 Å². The van der Waals surface area contributed by atoms with E-state index in [1.54, 1.807) is 17.0 Å². The number of hydrogen-bond acceptors (Lipinski definition) is 2. The standard InChI is InChI=1S/C14H14BrF2N3/c15-10-7-13(12(17)8-11(10)16)20-6-5-18-14(20)19-9-3-1-2-4-9/h5-9H,1-4H2,(H,18,19). The quantitative estimate of drug-likeness (QED) is 0.845. The zero-order chi connectivity index (χ0) is 14.1. The highest BCUT2D eigenvalue weighted by molar-refractivity contribution is 9.10. The third kappa shape index (κ3) is 2.57. The zero-order valence-electron chi connectivity index (χ0n) is 10.7. The predicted octanol–water partition coefficient (Wildman–Crippen LogP) is 4.27. The lowest BCUT2D eigenvalue weighted by atomic mass is 10.2. The van der Waals surface area contributed by atoms with Gasteiger partial charge in [-0.15, -0.1) is 0 Å². The van der Waals surface area contributed by atoms with E-state index in [-0.39, 0.29) is 10.2 Å². The summed E-state index contributed by atoms with van der Waals surface area (Å²) in [5, 5.41) is 3.33. The number of nitrogens with one attached hydrogen (secondary N) is 1. The van der Waals surface area contributed by atoms with Gasteiger partial charge in [-0.3, -0.25) is 4.57 Å². The first-order valence-corrected chi connectivity index (χ1v) is 7.39. The topological polar surface area (TPSA) is 29.9 Å². The first-order valence-electron chi connectivity index (χ1n) is 6.60. The summed E-state index contributed by atoms with van der Waals surface area (Å²) < 4.78 is 29.1. The normalized spacial score (nSPS) is 15.8. The second kappa shape index (κ2) is 5.52. The maximum absolute atomic E-state index is 14.0. The van der Waals surface area contributed by atoms with Crippen LogP contribution in [0.3, 0.4) is 0 Å². The van der Waals surface area contributed by atoms with E-state index in [2.05, 4.69) is 26.2 Å². The predicted molar refractivity (Wildman–Crippen MR) is 77.1 cm³/mol. The molecule has 6 heteroatoms. The summed E-state index contributed by atoms with van der Waals surface area (Å²) in [5.74, 6) is -0.635. The van der Waals surface area contributed by atoms with Crippen LogP contribution in [0.5, 0.6) is 0 Å². The molecule has 0 spiro atoms.